The van der Waals surface area contributed by atoms with Gasteiger partial charge in [-0.2, -0.15) is 0 Å². The van der Waals surface area contributed by atoms with E-state index in [2.05, 4.69) is 21.2 Å². The Kier molecular flexibility index (Phi) is 5.87. The quantitative estimate of drug-likeness (QED) is 0.819. The molecule has 0 spiro atoms. The molecular formula is C11H14BrNO2S. The van der Waals surface area contributed by atoms with Crippen molar-refractivity contribution in [2.24, 2.45) is 0 Å². The molecule has 0 bridgehead atoms. The lowest BCUT2D eigenvalue weighted by molar-refractivity contribution is -0.118. The molecule has 0 aliphatic rings. The Morgan fingerprint density at radius 1 is 1.50 bits per heavy atom. The van der Waals surface area contributed by atoms with E-state index in [0.29, 0.717) is 12.3 Å². The largest absolute Gasteiger partial charge is 0.392 e. The van der Waals surface area contributed by atoms with Gasteiger partial charge in [0.2, 0.25) is 5.91 Å². The van der Waals surface area contributed by atoms with Crippen LogP contribution in [0.2, 0.25) is 0 Å². The summed E-state index contributed by atoms with van der Waals surface area (Å²) in [6, 6.07) is 7.79. The second kappa shape index (κ2) is 6.93. The van der Waals surface area contributed by atoms with E-state index in [9.17, 15) is 4.79 Å². The molecule has 0 saturated heterocycles. The van der Waals surface area contributed by atoms with E-state index in [-0.39, 0.29) is 5.91 Å². The Hall–Kier alpha value is -0.520. The number of aliphatic hydroxyl groups is 1. The van der Waals surface area contributed by atoms with Gasteiger partial charge < -0.3 is 10.4 Å². The molecule has 5 heteroatoms. The molecule has 1 aromatic rings. The number of amides is 1. The van der Waals surface area contributed by atoms with Gasteiger partial charge in [0.05, 0.1) is 11.9 Å². The fourth-order valence-corrected chi connectivity index (χ4v) is 1.98. The van der Waals surface area contributed by atoms with Gasteiger partial charge in [-0.1, -0.05) is 15.9 Å². The fourth-order valence-electron chi connectivity index (χ4n) is 0.992. The topological polar surface area (TPSA) is 49.3 Å². The maximum absolute atomic E-state index is 11.3. The van der Waals surface area contributed by atoms with Crippen molar-refractivity contribution >= 4 is 33.6 Å². The highest BCUT2D eigenvalue weighted by molar-refractivity contribution is 9.10. The number of hydrogen-bond acceptors (Lipinski definition) is 3. The molecule has 2 N–H and O–H groups in total. The van der Waals surface area contributed by atoms with E-state index >= 15 is 0 Å². The van der Waals surface area contributed by atoms with Crippen LogP contribution >= 0.6 is 27.7 Å². The summed E-state index contributed by atoms with van der Waals surface area (Å²) >= 11 is 4.82. The Balaban J connectivity index is 2.29. The van der Waals surface area contributed by atoms with Gasteiger partial charge in [-0.15, -0.1) is 11.8 Å². The van der Waals surface area contributed by atoms with Gasteiger partial charge in [-0.25, -0.2) is 0 Å². The molecular weight excluding hydrogens is 290 g/mol. The molecule has 1 amide bonds. The first-order chi connectivity index (χ1) is 7.58. The number of benzene rings is 1. The third-order valence-electron chi connectivity index (χ3n) is 1.78. The summed E-state index contributed by atoms with van der Waals surface area (Å²) in [5, 5.41) is 11.6. The van der Waals surface area contributed by atoms with E-state index in [1.54, 1.807) is 6.92 Å². The number of rotatable bonds is 5. The summed E-state index contributed by atoms with van der Waals surface area (Å²) in [6.45, 7) is 1.95. The summed E-state index contributed by atoms with van der Waals surface area (Å²) < 4.78 is 1.02. The maximum Gasteiger partial charge on any atom is 0.230 e. The Morgan fingerprint density at radius 2 is 2.12 bits per heavy atom. The average Bonchev–Trinajstić information content (AvgIpc) is 2.25. The molecule has 1 atom stereocenters. The van der Waals surface area contributed by atoms with E-state index < -0.39 is 6.10 Å². The number of carbonyl (C=O) groups excluding carboxylic acids is 1. The minimum absolute atomic E-state index is 0.0613. The van der Waals surface area contributed by atoms with Crippen LogP contribution in [0.1, 0.15) is 6.92 Å². The average molecular weight is 304 g/mol. The summed E-state index contributed by atoms with van der Waals surface area (Å²) in [5.41, 5.74) is 0. The highest BCUT2D eigenvalue weighted by Crippen LogP contribution is 2.20. The highest BCUT2D eigenvalue weighted by atomic mass is 79.9. The third-order valence-corrected chi connectivity index (χ3v) is 3.32. The molecule has 0 fully saturated rings. The van der Waals surface area contributed by atoms with Crippen molar-refractivity contribution in [2.75, 3.05) is 12.3 Å². The standard InChI is InChI=1S/C11H14BrNO2S/c1-8(14)6-13-11(15)7-16-10-4-2-9(12)3-5-10/h2-5,8,14H,6-7H2,1H3,(H,13,15)/t8-/m1/s1. The van der Waals surface area contributed by atoms with Crippen molar-refractivity contribution < 1.29 is 9.90 Å². The molecule has 1 aromatic carbocycles. The maximum atomic E-state index is 11.3. The van der Waals surface area contributed by atoms with Crippen molar-refractivity contribution in [3.05, 3.63) is 28.7 Å². The second-order valence-electron chi connectivity index (χ2n) is 3.40. The molecule has 0 unspecified atom stereocenters. The smallest absolute Gasteiger partial charge is 0.230 e. The van der Waals surface area contributed by atoms with Crippen LogP contribution < -0.4 is 5.32 Å². The monoisotopic (exact) mass is 303 g/mol. The molecule has 3 nitrogen and oxygen atoms in total. The number of carbonyl (C=O) groups is 1. The summed E-state index contributed by atoms with van der Waals surface area (Å²) in [7, 11) is 0. The van der Waals surface area contributed by atoms with Crippen LogP contribution in [0.15, 0.2) is 33.6 Å². The van der Waals surface area contributed by atoms with Gasteiger partial charge in [-0.05, 0) is 31.2 Å². The minimum Gasteiger partial charge on any atom is -0.392 e. The Labute approximate surface area is 108 Å². The molecule has 16 heavy (non-hydrogen) atoms. The lowest BCUT2D eigenvalue weighted by Gasteiger charge is -2.06. The molecule has 88 valence electrons. The molecule has 0 aliphatic carbocycles. The Morgan fingerprint density at radius 3 is 2.69 bits per heavy atom. The molecule has 0 heterocycles. The normalized spacial score (nSPS) is 12.2. The zero-order valence-electron chi connectivity index (χ0n) is 8.94. The second-order valence-corrected chi connectivity index (χ2v) is 5.36. The zero-order chi connectivity index (χ0) is 12.0. The van der Waals surface area contributed by atoms with Crippen LogP contribution in [-0.2, 0) is 4.79 Å². The Bertz CT molecular complexity index is 340. The number of aliphatic hydroxyl groups excluding tert-OH is 1. The fraction of sp³-hybridized carbons (Fsp3) is 0.364. The van der Waals surface area contributed by atoms with Crippen LogP contribution in [0.3, 0.4) is 0 Å². The number of nitrogens with one attached hydrogen (secondary N) is 1. The molecule has 0 saturated carbocycles. The highest BCUT2D eigenvalue weighted by Gasteiger charge is 2.03. The summed E-state index contributed by atoms with van der Waals surface area (Å²) in [6.07, 6.45) is -0.498. The third kappa shape index (κ3) is 5.53. The summed E-state index contributed by atoms with van der Waals surface area (Å²) in [5.74, 6) is 0.308. The van der Waals surface area contributed by atoms with Crippen LogP contribution in [0, 0.1) is 0 Å². The van der Waals surface area contributed by atoms with Crippen LogP contribution in [0.5, 0.6) is 0 Å². The van der Waals surface area contributed by atoms with Crippen molar-refractivity contribution in [3.63, 3.8) is 0 Å². The SMILES string of the molecule is C[C@@H](O)CNC(=O)CSc1ccc(Br)cc1. The van der Waals surface area contributed by atoms with Crippen LogP contribution in [-0.4, -0.2) is 29.4 Å². The van der Waals surface area contributed by atoms with Gasteiger partial charge >= 0.3 is 0 Å². The van der Waals surface area contributed by atoms with Crippen LogP contribution in [0.4, 0.5) is 0 Å². The molecule has 0 aliphatic heterocycles. The number of thioether (sulfide) groups is 1. The molecule has 0 radical (unpaired) electrons. The van der Waals surface area contributed by atoms with Gasteiger partial charge in [0.25, 0.3) is 0 Å². The number of hydrogen-bond donors (Lipinski definition) is 2. The van der Waals surface area contributed by atoms with Gasteiger partial charge in [0.1, 0.15) is 0 Å². The van der Waals surface area contributed by atoms with Crippen LogP contribution in [0.25, 0.3) is 0 Å². The zero-order valence-corrected chi connectivity index (χ0v) is 11.3. The van der Waals surface area contributed by atoms with Crippen molar-refractivity contribution in [1.82, 2.24) is 5.32 Å². The molecule has 1 rings (SSSR count). The van der Waals surface area contributed by atoms with Gasteiger partial charge in [0, 0.05) is 15.9 Å². The van der Waals surface area contributed by atoms with E-state index in [0.717, 1.165) is 9.37 Å². The van der Waals surface area contributed by atoms with Gasteiger partial charge in [-0.3, -0.25) is 4.79 Å². The molecule has 0 aromatic heterocycles. The summed E-state index contributed by atoms with van der Waals surface area (Å²) in [4.78, 5) is 12.4. The minimum atomic E-state index is -0.498. The van der Waals surface area contributed by atoms with E-state index in [4.69, 9.17) is 5.11 Å². The first-order valence-corrected chi connectivity index (χ1v) is 6.69. The van der Waals surface area contributed by atoms with E-state index in [1.807, 2.05) is 24.3 Å². The first kappa shape index (κ1) is 13.5. The lowest BCUT2D eigenvalue weighted by Crippen LogP contribution is -2.31. The van der Waals surface area contributed by atoms with Crippen molar-refractivity contribution in [2.45, 2.75) is 17.9 Å². The predicted molar refractivity (Wildman–Crippen MR) is 69.6 cm³/mol. The van der Waals surface area contributed by atoms with Gasteiger partial charge in [0.15, 0.2) is 0 Å². The van der Waals surface area contributed by atoms with Crippen molar-refractivity contribution in [3.8, 4) is 0 Å². The first-order valence-electron chi connectivity index (χ1n) is 4.91. The number of halogens is 1. The predicted octanol–water partition coefficient (Wildman–Crippen LogP) is 2.04. The van der Waals surface area contributed by atoms with Crippen molar-refractivity contribution in [1.29, 1.82) is 0 Å². The lowest BCUT2D eigenvalue weighted by atomic mass is 10.4. The van der Waals surface area contributed by atoms with E-state index in [1.165, 1.54) is 11.8 Å².